The first-order chi connectivity index (χ1) is 9.72. The normalized spacial score (nSPS) is 13.9. The lowest BCUT2D eigenvalue weighted by Gasteiger charge is -2.15. The van der Waals surface area contributed by atoms with Gasteiger partial charge in [-0.25, -0.2) is 0 Å². The Balaban J connectivity index is 1.77. The Hall–Kier alpha value is -1.66. The molecule has 0 spiro atoms. The summed E-state index contributed by atoms with van der Waals surface area (Å²) in [7, 11) is 0. The Bertz CT molecular complexity index is 614. The third-order valence-electron chi connectivity index (χ3n) is 2.78. The summed E-state index contributed by atoms with van der Waals surface area (Å²) in [4.78, 5) is 0. The lowest BCUT2D eigenvalue weighted by molar-refractivity contribution is 0.883. The molecule has 1 aliphatic rings. The van der Waals surface area contributed by atoms with E-state index < -0.39 is 0 Å². The lowest BCUT2D eigenvalue weighted by Crippen LogP contribution is -2.34. The van der Waals surface area contributed by atoms with Crippen molar-refractivity contribution in [1.82, 2.24) is 10.9 Å². The number of hydrogen-bond acceptors (Lipinski definition) is 4. The summed E-state index contributed by atoms with van der Waals surface area (Å²) in [6.07, 6.45) is 0. The minimum absolute atomic E-state index is 0.693. The number of nitrogens with one attached hydrogen (secondary N) is 2. The van der Waals surface area contributed by atoms with Gasteiger partial charge in [0.15, 0.2) is 11.7 Å². The molecule has 2 N–H and O–H groups in total. The van der Waals surface area contributed by atoms with Crippen molar-refractivity contribution in [3.8, 4) is 0 Å². The minimum Gasteiger partial charge on any atom is -0.257 e. The molecule has 0 saturated carbocycles. The fourth-order valence-electron chi connectivity index (χ4n) is 1.74. The van der Waals surface area contributed by atoms with E-state index in [1.165, 1.54) is 0 Å². The van der Waals surface area contributed by atoms with E-state index in [1.807, 2.05) is 48.5 Å². The SMILES string of the molecule is Brc1ccc(C2=NNC(c3ccc(Br)cc3)=NN2)cc1. The molecular weight excluding hydrogens is 384 g/mol. The molecule has 1 heterocycles. The monoisotopic (exact) mass is 392 g/mol. The molecule has 0 aromatic heterocycles. The molecule has 2 aromatic rings. The molecule has 0 atom stereocenters. The number of amidine groups is 2. The fourth-order valence-corrected chi connectivity index (χ4v) is 2.27. The Morgan fingerprint density at radius 3 is 1.25 bits per heavy atom. The van der Waals surface area contributed by atoms with Gasteiger partial charge in [-0.05, 0) is 24.3 Å². The molecule has 0 fully saturated rings. The molecule has 6 heteroatoms. The second-order valence-corrected chi connectivity index (χ2v) is 5.99. The lowest BCUT2D eigenvalue weighted by atomic mass is 10.2. The third kappa shape index (κ3) is 2.91. The van der Waals surface area contributed by atoms with Crippen LogP contribution in [0.25, 0.3) is 0 Å². The van der Waals surface area contributed by atoms with Crippen LogP contribution in [0.3, 0.4) is 0 Å². The van der Waals surface area contributed by atoms with Crippen molar-refractivity contribution in [2.24, 2.45) is 10.2 Å². The zero-order chi connectivity index (χ0) is 13.9. The summed E-state index contributed by atoms with van der Waals surface area (Å²) in [6, 6.07) is 15.7. The van der Waals surface area contributed by atoms with E-state index in [-0.39, 0.29) is 0 Å². The van der Waals surface area contributed by atoms with Crippen LogP contribution in [0.5, 0.6) is 0 Å². The number of benzene rings is 2. The van der Waals surface area contributed by atoms with Gasteiger partial charge in [0.1, 0.15) is 0 Å². The highest BCUT2D eigenvalue weighted by Crippen LogP contribution is 2.13. The summed E-state index contributed by atoms with van der Waals surface area (Å²) in [5.41, 5.74) is 7.88. The second kappa shape index (κ2) is 5.76. The molecule has 1 aliphatic heterocycles. The van der Waals surface area contributed by atoms with Crippen LogP contribution in [0.4, 0.5) is 0 Å². The van der Waals surface area contributed by atoms with Gasteiger partial charge in [-0.1, -0.05) is 56.1 Å². The molecule has 2 aromatic carbocycles. The molecule has 0 radical (unpaired) electrons. The largest absolute Gasteiger partial charge is 0.257 e. The first-order valence-corrected chi connectivity index (χ1v) is 7.50. The molecule has 4 nitrogen and oxygen atoms in total. The first-order valence-electron chi connectivity index (χ1n) is 5.92. The summed E-state index contributed by atoms with van der Waals surface area (Å²) in [5.74, 6) is 1.39. The van der Waals surface area contributed by atoms with Crippen molar-refractivity contribution in [3.63, 3.8) is 0 Å². The van der Waals surface area contributed by atoms with Gasteiger partial charge in [-0.3, -0.25) is 10.9 Å². The van der Waals surface area contributed by atoms with Crippen LogP contribution in [0, 0.1) is 0 Å². The molecule has 0 bridgehead atoms. The zero-order valence-corrected chi connectivity index (χ0v) is 13.4. The first kappa shape index (κ1) is 13.3. The summed E-state index contributed by atoms with van der Waals surface area (Å²) >= 11 is 6.82. The van der Waals surface area contributed by atoms with E-state index >= 15 is 0 Å². The van der Waals surface area contributed by atoms with Crippen molar-refractivity contribution in [2.45, 2.75) is 0 Å². The fraction of sp³-hybridized carbons (Fsp3) is 0. The van der Waals surface area contributed by atoms with Crippen molar-refractivity contribution >= 4 is 43.5 Å². The summed E-state index contributed by atoms with van der Waals surface area (Å²) in [5, 5.41) is 8.61. The number of hydrazone groups is 2. The van der Waals surface area contributed by atoms with Crippen LogP contribution >= 0.6 is 31.9 Å². The van der Waals surface area contributed by atoms with Gasteiger partial charge in [-0.15, -0.1) is 0 Å². The van der Waals surface area contributed by atoms with Gasteiger partial charge in [0.25, 0.3) is 0 Å². The average Bonchev–Trinajstić information content (AvgIpc) is 2.49. The van der Waals surface area contributed by atoms with Gasteiger partial charge >= 0.3 is 0 Å². The maximum atomic E-state index is 4.31. The highest BCUT2D eigenvalue weighted by atomic mass is 79.9. The topological polar surface area (TPSA) is 48.8 Å². The van der Waals surface area contributed by atoms with Crippen LogP contribution < -0.4 is 10.9 Å². The van der Waals surface area contributed by atoms with Gasteiger partial charge in [0.2, 0.25) is 0 Å². The average molecular weight is 394 g/mol. The highest BCUT2D eigenvalue weighted by molar-refractivity contribution is 9.10. The molecule has 0 saturated heterocycles. The highest BCUT2D eigenvalue weighted by Gasteiger charge is 2.11. The third-order valence-corrected chi connectivity index (χ3v) is 3.84. The van der Waals surface area contributed by atoms with Gasteiger partial charge < -0.3 is 0 Å². The summed E-state index contributed by atoms with van der Waals surface area (Å²) < 4.78 is 2.06. The van der Waals surface area contributed by atoms with Crippen LogP contribution in [-0.4, -0.2) is 11.7 Å². The maximum Gasteiger partial charge on any atom is 0.173 e. The molecule has 0 amide bonds. The molecule has 3 rings (SSSR count). The Kier molecular flexibility index (Phi) is 3.84. The van der Waals surface area contributed by atoms with E-state index in [0.29, 0.717) is 11.7 Å². The van der Waals surface area contributed by atoms with Crippen molar-refractivity contribution < 1.29 is 0 Å². The Labute approximate surface area is 133 Å². The quantitative estimate of drug-likeness (QED) is 0.821. The predicted molar refractivity (Wildman–Crippen MR) is 87.6 cm³/mol. The molecule has 0 aliphatic carbocycles. The van der Waals surface area contributed by atoms with E-state index in [4.69, 9.17) is 0 Å². The van der Waals surface area contributed by atoms with E-state index in [1.54, 1.807) is 0 Å². The van der Waals surface area contributed by atoms with Gasteiger partial charge in [0.05, 0.1) is 0 Å². The minimum atomic E-state index is 0.693. The van der Waals surface area contributed by atoms with Crippen LogP contribution in [0.1, 0.15) is 11.1 Å². The Morgan fingerprint density at radius 2 is 0.950 bits per heavy atom. The van der Waals surface area contributed by atoms with E-state index in [9.17, 15) is 0 Å². The van der Waals surface area contributed by atoms with Crippen LogP contribution in [0.15, 0.2) is 67.7 Å². The van der Waals surface area contributed by atoms with E-state index in [2.05, 4.69) is 52.9 Å². The standard InChI is InChI=1S/C14H10Br2N4/c15-11-5-1-9(2-6-11)13-17-19-14(20-18-13)10-3-7-12(16)8-4-10/h1-8H,(H,17,18)(H,19,20). The van der Waals surface area contributed by atoms with Gasteiger partial charge in [0, 0.05) is 20.1 Å². The van der Waals surface area contributed by atoms with Crippen LogP contribution in [0.2, 0.25) is 0 Å². The van der Waals surface area contributed by atoms with E-state index in [0.717, 1.165) is 20.1 Å². The number of halogens is 2. The molecule has 20 heavy (non-hydrogen) atoms. The van der Waals surface area contributed by atoms with Crippen molar-refractivity contribution in [1.29, 1.82) is 0 Å². The Morgan fingerprint density at radius 1 is 0.600 bits per heavy atom. The predicted octanol–water partition coefficient (Wildman–Crippen LogP) is 3.43. The van der Waals surface area contributed by atoms with Gasteiger partial charge in [-0.2, -0.15) is 10.2 Å². The zero-order valence-electron chi connectivity index (χ0n) is 10.3. The maximum absolute atomic E-state index is 4.31. The second-order valence-electron chi connectivity index (χ2n) is 4.16. The smallest absolute Gasteiger partial charge is 0.173 e. The number of rotatable bonds is 2. The van der Waals surface area contributed by atoms with Crippen molar-refractivity contribution in [3.05, 3.63) is 68.6 Å². The molecule has 0 unspecified atom stereocenters. The van der Waals surface area contributed by atoms with Crippen LogP contribution in [-0.2, 0) is 0 Å². The van der Waals surface area contributed by atoms with Crippen molar-refractivity contribution in [2.75, 3.05) is 0 Å². The number of hydrogen-bond donors (Lipinski definition) is 2. The molecule has 100 valence electrons. The summed E-state index contributed by atoms with van der Waals surface area (Å²) in [6.45, 7) is 0. The molecular formula is C14H10Br2N4. The number of nitrogens with zero attached hydrogens (tertiary/aromatic N) is 2.